The first-order valence-corrected chi connectivity index (χ1v) is 6.63. The molecule has 0 fully saturated rings. The van der Waals surface area contributed by atoms with Crippen LogP contribution in [0.25, 0.3) is 11.0 Å². The van der Waals surface area contributed by atoms with Gasteiger partial charge >= 0.3 is 5.97 Å². The summed E-state index contributed by atoms with van der Waals surface area (Å²) in [5.41, 5.74) is 1.88. The molecule has 106 valence electrons. The maximum absolute atomic E-state index is 10.5. The van der Waals surface area contributed by atoms with Crippen molar-refractivity contribution in [2.24, 2.45) is 0 Å². The van der Waals surface area contributed by atoms with Gasteiger partial charge in [-0.05, 0) is 19.8 Å². The van der Waals surface area contributed by atoms with Crippen LogP contribution in [0, 0.1) is 6.92 Å². The maximum Gasteiger partial charge on any atom is 0.303 e. The van der Waals surface area contributed by atoms with Gasteiger partial charge in [-0.25, -0.2) is 4.98 Å². The van der Waals surface area contributed by atoms with Crippen LogP contribution in [-0.4, -0.2) is 27.4 Å². The first kappa shape index (κ1) is 12.8. The molecule has 1 N–H and O–H groups in total. The standard InChI is InChI=1S/C14H16N2O4/c1-9-15-10-6-12-13(20-8-19-12)7-11(10)16(9)5-3-2-4-14(17)18/h6-7H,2-5,8H2,1H3,(H,17,18). The number of aryl methyl sites for hydroxylation is 2. The minimum atomic E-state index is -0.749. The minimum Gasteiger partial charge on any atom is -0.481 e. The summed E-state index contributed by atoms with van der Waals surface area (Å²) >= 11 is 0. The normalized spacial score (nSPS) is 13.1. The van der Waals surface area contributed by atoms with E-state index in [1.54, 1.807) is 0 Å². The number of carboxylic acid groups (broad SMARTS) is 1. The molecule has 2 heterocycles. The molecule has 1 aromatic heterocycles. The number of benzene rings is 1. The number of hydrogen-bond donors (Lipinski definition) is 1. The molecular weight excluding hydrogens is 260 g/mol. The Labute approximate surface area is 115 Å². The van der Waals surface area contributed by atoms with Crippen molar-refractivity contribution in [3.8, 4) is 11.5 Å². The number of carbonyl (C=O) groups is 1. The summed E-state index contributed by atoms with van der Waals surface area (Å²) in [6.07, 6.45) is 1.68. The second-order valence-electron chi connectivity index (χ2n) is 4.86. The second kappa shape index (κ2) is 5.03. The number of aromatic nitrogens is 2. The Kier molecular flexibility index (Phi) is 3.22. The monoisotopic (exact) mass is 276 g/mol. The first-order valence-electron chi connectivity index (χ1n) is 6.63. The van der Waals surface area contributed by atoms with Gasteiger partial charge < -0.3 is 19.1 Å². The minimum absolute atomic E-state index is 0.206. The van der Waals surface area contributed by atoms with Crippen LogP contribution < -0.4 is 9.47 Å². The first-order chi connectivity index (χ1) is 9.65. The molecule has 6 nitrogen and oxygen atoms in total. The fourth-order valence-electron chi connectivity index (χ4n) is 2.46. The zero-order valence-corrected chi connectivity index (χ0v) is 11.3. The van der Waals surface area contributed by atoms with Crippen LogP contribution in [0.15, 0.2) is 12.1 Å². The van der Waals surface area contributed by atoms with Gasteiger partial charge in [0.2, 0.25) is 6.79 Å². The van der Waals surface area contributed by atoms with Crippen LogP contribution in [0.3, 0.4) is 0 Å². The molecule has 0 aliphatic carbocycles. The summed E-state index contributed by atoms with van der Waals surface area (Å²) in [6.45, 7) is 2.96. The molecule has 1 aromatic carbocycles. The fourth-order valence-corrected chi connectivity index (χ4v) is 2.46. The molecule has 0 amide bonds. The summed E-state index contributed by atoms with van der Waals surface area (Å²) in [4.78, 5) is 15.0. The van der Waals surface area contributed by atoms with E-state index in [2.05, 4.69) is 9.55 Å². The van der Waals surface area contributed by atoms with Gasteiger partial charge in [0.15, 0.2) is 11.5 Å². The van der Waals surface area contributed by atoms with Crippen molar-refractivity contribution in [3.63, 3.8) is 0 Å². The lowest BCUT2D eigenvalue weighted by Crippen LogP contribution is -2.02. The third-order valence-electron chi connectivity index (χ3n) is 3.46. The number of fused-ring (bicyclic) bond motifs is 2. The van der Waals surface area contributed by atoms with Crippen LogP contribution in [0.1, 0.15) is 25.1 Å². The number of imidazole rings is 1. The Morgan fingerprint density at radius 1 is 1.35 bits per heavy atom. The molecular formula is C14H16N2O4. The average Bonchev–Trinajstić information content (AvgIpc) is 2.95. The highest BCUT2D eigenvalue weighted by Crippen LogP contribution is 2.36. The SMILES string of the molecule is Cc1nc2cc3c(cc2n1CCCCC(=O)O)OCO3. The summed E-state index contributed by atoms with van der Waals surface area (Å²) in [5, 5.41) is 8.65. The number of unbranched alkanes of at least 4 members (excludes halogenated alkanes) is 1. The Hall–Kier alpha value is -2.24. The average molecular weight is 276 g/mol. The van der Waals surface area contributed by atoms with Crippen molar-refractivity contribution in [3.05, 3.63) is 18.0 Å². The van der Waals surface area contributed by atoms with Crippen molar-refractivity contribution in [1.82, 2.24) is 9.55 Å². The summed E-state index contributed by atoms with van der Waals surface area (Å²) in [6, 6.07) is 3.83. The summed E-state index contributed by atoms with van der Waals surface area (Å²) < 4.78 is 12.8. The third kappa shape index (κ3) is 2.29. The molecule has 0 saturated carbocycles. The molecule has 0 bridgehead atoms. The van der Waals surface area contributed by atoms with Crippen molar-refractivity contribution in [2.45, 2.75) is 32.7 Å². The lowest BCUT2D eigenvalue weighted by Gasteiger charge is -2.06. The molecule has 0 radical (unpaired) electrons. The van der Waals surface area contributed by atoms with E-state index in [9.17, 15) is 4.79 Å². The highest BCUT2D eigenvalue weighted by atomic mass is 16.7. The van der Waals surface area contributed by atoms with Crippen LogP contribution in [-0.2, 0) is 11.3 Å². The van der Waals surface area contributed by atoms with Crippen molar-refractivity contribution in [2.75, 3.05) is 6.79 Å². The van der Waals surface area contributed by atoms with E-state index >= 15 is 0 Å². The van der Waals surface area contributed by atoms with Gasteiger partial charge in [-0.2, -0.15) is 0 Å². The second-order valence-corrected chi connectivity index (χ2v) is 4.86. The fraction of sp³-hybridized carbons (Fsp3) is 0.429. The Morgan fingerprint density at radius 3 is 2.85 bits per heavy atom. The molecule has 1 aliphatic heterocycles. The molecule has 20 heavy (non-hydrogen) atoms. The van der Waals surface area contributed by atoms with Gasteiger partial charge in [-0.3, -0.25) is 4.79 Å². The largest absolute Gasteiger partial charge is 0.481 e. The molecule has 6 heteroatoms. The smallest absolute Gasteiger partial charge is 0.303 e. The van der Waals surface area contributed by atoms with Crippen molar-refractivity contribution in [1.29, 1.82) is 0 Å². The number of hydrogen-bond acceptors (Lipinski definition) is 4. The Balaban J connectivity index is 1.83. The van der Waals surface area contributed by atoms with E-state index in [-0.39, 0.29) is 13.2 Å². The van der Waals surface area contributed by atoms with E-state index in [1.807, 2.05) is 19.1 Å². The van der Waals surface area contributed by atoms with E-state index in [1.165, 1.54) is 0 Å². The van der Waals surface area contributed by atoms with Gasteiger partial charge in [0, 0.05) is 25.1 Å². The number of rotatable bonds is 5. The van der Waals surface area contributed by atoms with E-state index < -0.39 is 5.97 Å². The van der Waals surface area contributed by atoms with Gasteiger partial charge in [0.05, 0.1) is 11.0 Å². The number of aliphatic carboxylic acids is 1. The number of ether oxygens (including phenoxy) is 2. The maximum atomic E-state index is 10.5. The summed E-state index contributed by atoms with van der Waals surface area (Å²) in [5.74, 6) is 1.64. The Morgan fingerprint density at radius 2 is 2.10 bits per heavy atom. The van der Waals surface area contributed by atoms with Gasteiger partial charge in [-0.15, -0.1) is 0 Å². The van der Waals surface area contributed by atoms with Crippen LogP contribution in [0.2, 0.25) is 0 Å². The predicted octanol–water partition coefficient (Wildman–Crippen LogP) is 2.33. The molecule has 1 aliphatic rings. The van der Waals surface area contributed by atoms with Crippen molar-refractivity contribution >= 4 is 17.0 Å². The summed E-state index contributed by atoms with van der Waals surface area (Å²) in [7, 11) is 0. The van der Waals surface area contributed by atoms with Crippen LogP contribution >= 0.6 is 0 Å². The molecule has 0 unspecified atom stereocenters. The molecule has 2 aromatic rings. The molecule has 0 saturated heterocycles. The molecule has 0 spiro atoms. The lowest BCUT2D eigenvalue weighted by molar-refractivity contribution is -0.137. The van der Waals surface area contributed by atoms with Gasteiger partial charge in [0.1, 0.15) is 5.82 Å². The number of nitrogens with zero attached hydrogens (tertiary/aromatic N) is 2. The molecule has 0 atom stereocenters. The van der Waals surface area contributed by atoms with E-state index in [4.69, 9.17) is 14.6 Å². The third-order valence-corrected chi connectivity index (χ3v) is 3.46. The lowest BCUT2D eigenvalue weighted by atomic mass is 10.2. The van der Waals surface area contributed by atoms with Crippen LogP contribution in [0.4, 0.5) is 0 Å². The molecule has 3 rings (SSSR count). The zero-order valence-electron chi connectivity index (χ0n) is 11.3. The van der Waals surface area contributed by atoms with E-state index in [0.717, 1.165) is 41.3 Å². The topological polar surface area (TPSA) is 73.6 Å². The highest BCUT2D eigenvalue weighted by Gasteiger charge is 2.17. The Bertz CT molecular complexity index is 663. The van der Waals surface area contributed by atoms with Gasteiger partial charge in [0.25, 0.3) is 0 Å². The van der Waals surface area contributed by atoms with Crippen molar-refractivity contribution < 1.29 is 19.4 Å². The van der Waals surface area contributed by atoms with Gasteiger partial charge in [-0.1, -0.05) is 0 Å². The highest BCUT2D eigenvalue weighted by molar-refractivity contribution is 5.81. The van der Waals surface area contributed by atoms with Crippen LogP contribution in [0.5, 0.6) is 11.5 Å². The zero-order chi connectivity index (χ0) is 14.1. The quantitative estimate of drug-likeness (QED) is 0.848. The predicted molar refractivity (Wildman–Crippen MR) is 72.1 cm³/mol. The van der Waals surface area contributed by atoms with E-state index in [0.29, 0.717) is 6.42 Å². The number of carboxylic acids is 1.